The molecule has 1 aromatic carbocycles. The predicted octanol–water partition coefficient (Wildman–Crippen LogP) is 3.86. The average molecular weight is 270 g/mol. The topological polar surface area (TPSA) is 26.3 Å². The molecule has 1 fully saturated rings. The lowest BCUT2D eigenvalue weighted by molar-refractivity contribution is -0.148. The van der Waals surface area contributed by atoms with Crippen LogP contribution in [-0.4, -0.2) is 12.6 Å². The SMILES string of the molecule is CC1CC=CCC1COC(=O)C1(c2ccccc2)CC1. The van der Waals surface area contributed by atoms with E-state index in [0.29, 0.717) is 18.4 Å². The molecule has 0 aliphatic heterocycles. The van der Waals surface area contributed by atoms with Gasteiger partial charge in [0.2, 0.25) is 0 Å². The summed E-state index contributed by atoms with van der Waals surface area (Å²) in [6.45, 7) is 2.81. The van der Waals surface area contributed by atoms with Crippen LogP contribution >= 0.6 is 0 Å². The van der Waals surface area contributed by atoms with E-state index < -0.39 is 0 Å². The third-order valence-electron chi connectivity index (χ3n) is 4.81. The standard InChI is InChI=1S/C18H22O2/c1-14-7-5-6-8-15(14)13-20-17(19)18(11-12-18)16-9-3-2-4-10-16/h2-6,9-10,14-15H,7-8,11-13H2,1H3. The molecule has 2 atom stereocenters. The van der Waals surface area contributed by atoms with E-state index in [1.54, 1.807) is 0 Å². The molecule has 0 bridgehead atoms. The van der Waals surface area contributed by atoms with Crippen molar-refractivity contribution in [2.75, 3.05) is 6.61 Å². The molecule has 0 aromatic heterocycles. The van der Waals surface area contributed by atoms with Crippen molar-refractivity contribution in [2.45, 2.75) is 38.0 Å². The molecular weight excluding hydrogens is 248 g/mol. The fourth-order valence-electron chi connectivity index (χ4n) is 3.05. The highest BCUT2D eigenvalue weighted by Gasteiger charge is 2.52. The normalized spacial score (nSPS) is 27.1. The number of hydrogen-bond donors (Lipinski definition) is 0. The molecule has 1 saturated carbocycles. The van der Waals surface area contributed by atoms with Crippen LogP contribution in [0.5, 0.6) is 0 Å². The first-order chi connectivity index (χ1) is 9.72. The van der Waals surface area contributed by atoms with Crippen molar-refractivity contribution in [3.05, 3.63) is 48.0 Å². The first-order valence-electron chi connectivity index (χ1n) is 7.60. The maximum atomic E-state index is 12.4. The maximum Gasteiger partial charge on any atom is 0.316 e. The van der Waals surface area contributed by atoms with Gasteiger partial charge in [-0.05, 0) is 43.1 Å². The molecule has 3 rings (SSSR count). The van der Waals surface area contributed by atoms with Crippen molar-refractivity contribution >= 4 is 5.97 Å². The van der Waals surface area contributed by atoms with Gasteiger partial charge in [-0.1, -0.05) is 49.4 Å². The fraction of sp³-hybridized carbons (Fsp3) is 0.500. The molecule has 2 unspecified atom stereocenters. The predicted molar refractivity (Wildman–Crippen MR) is 79.3 cm³/mol. The van der Waals surface area contributed by atoms with Crippen molar-refractivity contribution in [1.29, 1.82) is 0 Å². The van der Waals surface area contributed by atoms with Crippen molar-refractivity contribution in [3.8, 4) is 0 Å². The van der Waals surface area contributed by atoms with Crippen LogP contribution in [0.3, 0.4) is 0 Å². The maximum absolute atomic E-state index is 12.4. The Morgan fingerprint density at radius 3 is 2.55 bits per heavy atom. The molecule has 0 radical (unpaired) electrons. The Kier molecular flexibility index (Phi) is 3.64. The Hall–Kier alpha value is -1.57. The molecule has 2 heteroatoms. The molecule has 2 aliphatic carbocycles. The highest BCUT2D eigenvalue weighted by molar-refractivity contribution is 5.86. The van der Waals surface area contributed by atoms with Crippen molar-refractivity contribution in [3.63, 3.8) is 0 Å². The summed E-state index contributed by atoms with van der Waals surface area (Å²) in [7, 11) is 0. The molecule has 1 aromatic rings. The lowest BCUT2D eigenvalue weighted by Gasteiger charge is -2.25. The minimum Gasteiger partial charge on any atom is -0.465 e. The van der Waals surface area contributed by atoms with Crippen LogP contribution in [0.1, 0.15) is 38.2 Å². The molecule has 0 spiro atoms. The summed E-state index contributed by atoms with van der Waals surface area (Å²) in [6, 6.07) is 10.1. The van der Waals surface area contributed by atoms with E-state index in [9.17, 15) is 4.79 Å². The van der Waals surface area contributed by atoms with E-state index >= 15 is 0 Å². The number of carbonyl (C=O) groups excluding carboxylic acids is 1. The van der Waals surface area contributed by atoms with E-state index in [4.69, 9.17) is 4.74 Å². The number of carbonyl (C=O) groups is 1. The van der Waals surface area contributed by atoms with Crippen LogP contribution in [0.2, 0.25) is 0 Å². The lowest BCUT2D eigenvalue weighted by Crippen LogP contribution is -2.28. The summed E-state index contributed by atoms with van der Waals surface area (Å²) < 4.78 is 5.66. The Labute approximate surface area is 120 Å². The number of hydrogen-bond acceptors (Lipinski definition) is 2. The minimum absolute atomic E-state index is 0.0227. The number of benzene rings is 1. The average Bonchev–Trinajstić information content (AvgIpc) is 3.29. The van der Waals surface area contributed by atoms with Gasteiger partial charge in [0, 0.05) is 0 Å². The van der Waals surface area contributed by atoms with E-state index in [-0.39, 0.29) is 11.4 Å². The number of ether oxygens (including phenoxy) is 1. The Morgan fingerprint density at radius 1 is 1.20 bits per heavy atom. The summed E-state index contributed by atoms with van der Waals surface area (Å²) >= 11 is 0. The Bertz CT molecular complexity index is 499. The van der Waals surface area contributed by atoms with Gasteiger partial charge in [0.25, 0.3) is 0 Å². The Balaban J connectivity index is 1.61. The molecule has 20 heavy (non-hydrogen) atoms. The summed E-state index contributed by atoms with van der Waals surface area (Å²) in [5, 5.41) is 0. The quantitative estimate of drug-likeness (QED) is 0.613. The highest BCUT2D eigenvalue weighted by atomic mass is 16.5. The molecule has 0 heterocycles. The van der Waals surface area contributed by atoms with E-state index in [0.717, 1.165) is 31.2 Å². The zero-order chi connectivity index (χ0) is 14.0. The number of allylic oxidation sites excluding steroid dienone is 2. The van der Waals surface area contributed by atoms with Gasteiger partial charge in [-0.25, -0.2) is 0 Å². The molecule has 0 N–H and O–H groups in total. The van der Waals surface area contributed by atoms with Crippen LogP contribution in [0, 0.1) is 11.8 Å². The minimum atomic E-state index is -0.338. The van der Waals surface area contributed by atoms with Gasteiger partial charge >= 0.3 is 5.97 Å². The lowest BCUT2D eigenvalue weighted by atomic mass is 9.85. The van der Waals surface area contributed by atoms with Crippen LogP contribution in [0.4, 0.5) is 0 Å². The molecule has 2 nitrogen and oxygen atoms in total. The van der Waals surface area contributed by atoms with E-state index in [2.05, 4.69) is 19.1 Å². The highest BCUT2D eigenvalue weighted by Crippen LogP contribution is 2.49. The van der Waals surface area contributed by atoms with E-state index in [1.807, 2.05) is 30.3 Å². The van der Waals surface area contributed by atoms with Gasteiger partial charge in [0.15, 0.2) is 0 Å². The van der Waals surface area contributed by atoms with E-state index in [1.165, 1.54) is 0 Å². The second-order valence-electron chi connectivity index (χ2n) is 6.23. The van der Waals surface area contributed by atoms with Crippen LogP contribution in [0.25, 0.3) is 0 Å². The largest absolute Gasteiger partial charge is 0.465 e. The zero-order valence-corrected chi connectivity index (χ0v) is 12.0. The first kappa shape index (κ1) is 13.4. The van der Waals surface area contributed by atoms with Crippen LogP contribution in [-0.2, 0) is 14.9 Å². The van der Waals surface area contributed by atoms with Crippen molar-refractivity contribution in [1.82, 2.24) is 0 Å². The molecule has 0 amide bonds. The van der Waals surface area contributed by atoms with Gasteiger partial charge in [0.05, 0.1) is 12.0 Å². The van der Waals surface area contributed by atoms with Crippen molar-refractivity contribution < 1.29 is 9.53 Å². The third-order valence-corrected chi connectivity index (χ3v) is 4.81. The second-order valence-corrected chi connectivity index (χ2v) is 6.23. The van der Waals surface area contributed by atoms with Gasteiger partial charge in [-0.3, -0.25) is 4.79 Å². The number of rotatable bonds is 4. The smallest absolute Gasteiger partial charge is 0.316 e. The second kappa shape index (κ2) is 5.43. The van der Waals surface area contributed by atoms with Gasteiger partial charge in [0.1, 0.15) is 0 Å². The third kappa shape index (κ3) is 2.52. The molecule has 0 saturated heterocycles. The van der Waals surface area contributed by atoms with Gasteiger partial charge in [-0.2, -0.15) is 0 Å². The fourth-order valence-corrected chi connectivity index (χ4v) is 3.05. The Morgan fingerprint density at radius 2 is 1.90 bits per heavy atom. The number of esters is 1. The molecule has 106 valence electrons. The summed E-state index contributed by atoms with van der Waals surface area (Å²) in [5.41, 5.74) is 0.774. The van der Waals surface area contributed by atoms with Gasteiger partial charge in [-0.15, -0.1) is 0 Å². The van der Waals surface area contributed by atoms with Crippen LogP contribution < -0.4 is 0 Å². The molecular formula is C18H22O2. The van der Waals surface area contributed by atoms with Gasteiger partial charge < -0.3 is 4.74 Å². The summed E-state index contributed by atoms with van der Waals surface area (Å²) in [4.78, 5) is 12.4. The zero-order valence-electron chi connectivity index (χ0n) is 12.0. The monoisotopic (exact) mass is 270 g/mol. The summed E-state index contributed by atoms with van der Waals surface area (Å²) in [6.07, 6.45) is 8.43. The summed E-state index contributed by atoms with van der Waals surface area (Å²) in [5.74, 6) is 1.07. The molecule has 2 aliphatic rings. The van der Waals surface area contributed by atoms with Crippen molar-refractivity contribution in [2.24, 2.45) is 11.8 Å². The first-order valence-corrected chi connectivity index (χ1v) is 7.60. The van der Waals surface area contributed by atoms with Crippen LogP contribution in [0.15, 0.2) is 42.5 Å².